The summed E-state index contributed by atoms with van der Waals surface area (Å²) in [5.41, 5.74) is -0.509. The molecule has 0 bridgehead atoms. The van der Waals surface area contributed by atoms with Crippen LogP contribution in [0.3, 0.4) is 0 Å². The standard InChI is InChI=1S/C18H17FN2O3/c1-18(12-7-3-2-4-8-12)16(23)21(17(24)20-18)11-15(22)13-9-5-6-10-14(13)19/h2-10,15,22H,11H2,1H3,(H,20,24). The second kappa shape index (κ2) is 6.05. The average molecular weight is 328 g/mol. The third-order valence-corrected chi connectivity index (χ3v) is 4.25. The van der Waals surface area contributed by atoms with Crippen molar-refractivity contribution < 1.29 is 19.1 Å². The SMILES string of the molecule is CC1(c2ccccc2)NC(=O)N(CC(O)c2ccccc2F)C1=O. The minimum Gasteiger partial charge on any atom is -0.386 e. The van der Waals surface area contributed by atoms with Crippen molar-refractivity contribution in [3.05, 3.63) is 71.5 Å². The van der Waals surface area contributed by atoms with E-state index in [2.05, 4.69) is 5.32 Å². The van der Waals surface area contributed by atoms with E-state index >= 15 is 0 Å². The van der Waals surface area contributed by atoms with Gasteiger partial charge in [-0.1, -0.05) is 48.5 Å². The Balaban J connectivity index is 1.84. The maximum Gasteiger partial charge on any atom is 0.325 e. The summed E-state index contributed by atoms with van der Waals surface area (Å²) in [6.45, 7) is 1.30. The summed E-state index contributed by atoms with van der Waals surface area (Å²) in [7, 11) is 0. The van der Waals surface area contributed by atoms with E-state index in [4.69, 9.17) is 0 Å². The number of β-amino-alcohol motifs (C(OH)–C–C–N with tert-alkyl or cyclic N) is 1. The zero-order chi connectivity index (χ0) is 17.3. The molecule has 3 rings (SSSR count). The van der Waals surface area contributed by atoms with Gasteiger partial charge in [0.2, 0.25) is 0 Å². The smallest absolute Gasteiger partial charge is 0.325 e. The number of amides is 3. The van der Waals surface area contributed by atoms with Gasteiger partial charge < -0.3 is 10.4 Å². The van der Waals surface area contributed by atoms with Crippen LogP contribution in [-0.4, -0.2) is 28.5 Å². The van der Waals surface area contributed by atoms with E-state index in [-0.39, 0.29) is 12.1 Å². The zero-order valence-electron chi connectivity index (χ0n) is 13.1. The normalized spacial score (nSPS) is 21.7. The molecule has 1 fully saturated rings. The second-order valence-corrected chi connectivity index (χ2v) is 5.87. The first-order valence-corrected chi connectivity index (χ1v) is 7.55. The van der Waals surface area contributed by atoms with Gasteiger partial charge in [0.05, 0.1) is 12.6 Å². The predicted molar refractivity (Wildman–Crippen MR) is 85.4 cm³/mol. The van der Waals surface area contributed by atoms with Gasteiger partial charge in [-0.15, -0.1) is 0 Å². The number of urea groups is 1. The molecular weight excluding hydrogens is 311 g/mol. The number of rotatable bonds is 4. The van der Waals surface area contributed by atoms with E-state index in [9.17, 15) is 19.1 Å². The highest BCUT2D eigenvalue weighted by atomic mass is 19.1. The third kappa shape index (κ3) is 2.65. The Kier molecular flexibility index (Phi) is 4.07. The van der Waals surface area contributed by atoms with Gasteiger partial charge in [-0.3, -0.25) is 9.69 Å². The lowest BCUT2D eigenvalue weighted by Gasteiger charge is -2.23. The third-order valence-electron chi connectivity index (χ3n) is 4.25. The van der Waals surface area contributed by atoms with Crippen molar-refractivity contribution in [1.29, 1.82) is 0 Å². The molecule has 3 amide bonds. The Morgan fingerprint density at radius 2 is 1.75 bits per heavy atom. The number of hydrogen-bond donors (Lipinski definition) is 2. The number of carbonyl (C=O) groups is 2. The number of nitrogens with one attached hydrogen (secondary N) is 1. The molecule has 0 spiro atoms. The predicted octanol–water partition coefficient (Wildman–Crippen LogP) is 2.33. The van der Waals surface area contributed by atoms with E-state index in [1.807, 2.05) is 6.07 Å². The molecule has 24 heavy (non-hydrogen) atoms. The van der Waals surface area contributed by atoms with Crippen LogP contribution in [0, 0.1) is 5.82 Å². The molecule has 2 unspecified atom stereocenters. The van der Waals surface area contributed by atoms with Crippen molar-refractivity contribution in [2.45, 2.75) is 18.6 Å². The number of imide groups is 1. The molecule has 0 aliphatic carbocycles. The Labute approximate surface area is 138 Å². The summed E-state index contributed by atoms with van der Waals surface area (Å²) in [6, 6.07) is 14.0. The molecule has 2 aromatic carbocycles. The van der Waals surface area contributed by atoms with Gasteiger partial charge in [0.1, 0.15) is 11.4 Å². The van der Waals surface area contributed by atoms with Gasteiger partial charge in [0.15, 0.2) is 0 Å². The lowest BCUT2D eigenvalue weighted by molar-refractivity contribution is -0.132. The number of benzene rings is 2. The molecular formula is C18H17FN2O3. The van der Waals surface area contributed by atoms with Crippen LogP contribution in [0.15, 0.2) is 54.6 Å². The molecule has 124 valence electrons. The number of halogens is 1. The van der Waals surface area contributed by atoms with Gasteiger partial charge in [0.25, 0.3) is 5.91 Å². The van der Waals surface area contributed by atoms with E-state index in [0.29, 0.717) is 5.56 Å². The van der Waals surface area contributed by atoms with Crippen molar-refractivity contribution in [3.63, 3.8) is 0 Å². The largest absolute Gasteiger partial charge is 0.386 e. The number of aliphatic hydroxyl groups is 1. The van der Waals surface area contributed by atoms with E-state index < -0.39 is 29.4 Å². The summed E-state index contributed by atoms with van der Waals surface area (Å²) in [4.78, 5) is 25.9. The maximum atomic E-state index is 13.8. The van der Waals surface area contributed by atoms with Crippen LogP contribution in [0.1, 0.15) is 24.2 Å². The highest BCUT2D eigenvalue weighted by molar-refractivity contribution is 6.07. The molecule has 1 saturated heterocycles. The average Bonchev–Trinajstić information content (AvgIpc) is 2.80. The molecule has 1 heterocycles. The van der Waals surface area contributed by atoms with Crippen molar-refractivity contribution in [2.75, 3.05) is 6.54 Å². The first-order valence-electron chi connectivity index (χ1n) is 7.55. The first kappa shape index (κ1) is 16.1. The molecule has 2 aromatic rings. The Morgan fingerprint density at radius 1 is 1.12 bits per heavy atom. The van der Waals surface area contributed by atoms with Crippen LogP contribution in [0.25, 0.3) is 0 Å². The van der Waals surface area contributed by atoms with E-state index in [1.54, 1.807) is 37.3 Å². The Bertz CT molecular complexity index is 781. The molecule has 0 saturated carbocycles. The summed E-state index contributed by atoms with van der Waals surface area (Å²) in [5.74, 6) is -1.06. The van der Waals surface area contributed by atoms with Crippen LogP contribution in [0.5, 0.6) is 0 Å². The van der Waals surface area contributed by atoms with Gasteiger partial charge in [-0.05, 0) is 18.6 Å². The van der Waals surface area contributed by atoms with Crippen LogP contribution >= 0.6 is 0 Å². The molecule has 2 N–H and O–H groups in total. The number of aliphatic hydroxyl groups excluding tert-OH is 1. The molecule has 2 atom stereocenters. The Hall–Kier alpha value is -2.73. The summed E-state index contributed by atoms with van der Waals surface area (Å²) in [5, 5.41) is 12.9. The minimum atomic E-state index is -1.29. The van der Waals surface area contributed by atoms with Gasteiger partial charge in [-0.25, -0.2) is 9.18 Å². The molecule has 1 aliphatic rings. The maximum absolute atomic E-state index is 13.8. The van der Waals surface area contributed by atoms with Gasteiger partial charge in [-0.2, -0.15) is 0 Å². The highest BCUT2D eigenvalue weighted by Gasteiger charge is 2.49. The lowest BCUT2D eigenvalue weighted by Crippen LogP contribution is -2.41. The topological polar surface area (TPSA) is 69.6 Å². The van der Waals surface area contributed by atoms with Crippen LogP contribution in [-0.2, 0) is 10.3 Å². The number of hydrogen-bond acceptors (Lipinski definition) is 3. The second-order valence-electron chi connectivity index (χ2n) is 5.87. The van der Waals surface area contributed by atoms with Crippen molar-refractivity contribution in [2.24, 2.45) is 0 Å². The summed E-state index contributed by atoms with van der Waals surface area (Å²) in [6.07, 6.45) is -1.29. The quantitative estimate of drug-likeness (QED) is 0.846. The van der Waals surface area contributed by atoms with Crippen LogP contribution < -0.4 is 5.32 Å². The van der Waals surface area contributed by atoms with Crippen molar-refractivity contribution >= 4 is 11.9 Å². The monoisotopic (exact) mass is 328 g/mol. The van der Waals surface area contributed by atoms with E-state index in [1.165, 1.54) is 18.2 Å². The van der Waals surface area contributed by atoms with Crippen LogP contribution in [0.4, 0.5) is 9.18 Å². The van der Waals surface area contributed by atoms with Crippen LogP contribution in [0.2, 0.25) is 0 Å². The fourth-order valence-electron chi connectivity index (χ4n) is 2.85. The van der Waals surface area contributed by atoms with Crippen molar-refractivity contribution in [1.82, 2.24) is 10.2 Å². The molecule has 5 nitrogen and oxygen atoms in total. The fourth-order valence-corrected chi connectivity index (χ4v) is 2.85. The molecule has 0 aromatic heterocycles. The van der Waals surface area contributed by atoms with Crippen molar-refractivity contribution in [3.8, 4) is 0 Å². The zero-order valence-corrected chi connectivity index (χ0v) is 13.1. The molecule has 1 aliphatic heterocycles. The number of nitrogens with zero attached hydrogens (tertiary/aromatic N) is 1. The summed E-state index contributed by atoms with van der Waals surface area (Å²) < 4.78 is 13.8. The van der Waals surface area contributed by atoms with Gasteiger partial charge in [0, 0.05) is 5.56 Å². The number of carbonyl (C=O) groups excluding carboxylic acids is 2. The van der Waals surface area contributed by atoms with Gasteiger partial charge >= 0.3 is 6.03 Å². The lowest BCUT2D eigenvalue weighted by atomic mass is 9.92. The Morgan fingerprint density at radius 3 is 2.42 bits per heavy atom. The minimum absolute atomic E-state index is 0.0476. The fraction of sp³-hybridized carbons (Fsp3) is 0.222. The summed E-state index contributed by atoms with van der Waals surface area (Å²) >= 11 is 0. The first-order chi connectivity index (χ1) is 11.4. The molecule has 0 radical (unpaired) electrons. The molecule has 6 heteroatoms. The highest BCUT2D eigenvalue weighted by Crippen LogP contribution is 2.30. The van der Waals surface area contributed by atoms with E-state index in [0.717, 1.165) is 4.90 Å².